The van der Waals surface area contributed by atoms with Crippen molar-refractivity contribution in [1.82, 2.24) is 0 Å². The van der Waals surface area contributed by atoms with Crippen molar-refractivity contribution in [1.29, 1.82) is 0 Å². The minimum atomic E-state index is -5.47. The smallest absolute Gasteiger partial charge is 0.300 e. The van der Waals surface area contributed by atoms with E-state index < -0.39 is 59.1 Å². The molecule has 24 heavy (non-hydrogen) atoms. The van der Waals surface area contributed by atoms with E-state index >= 15 is 0 Å². The SMILES string of the molecule is O=C(C[B]P(=O)(F)F)C1CCCC(C(=O)CCCS(=O)(=O)F)C1=O. The molecule has 0 bridgehead atoms. The minimum absolute atomic E-state index is 0.0835. The third-order valence-corrected chi connectivity index (χ3v) is 5.15. The summed E-state index contributed by atoms with van der Waals surface area (Å²) in [6, 6.07) is 0. The van der Waals surface area contributed by atoms with Gasteiger partial charge in [0, 0.05) is 6.42 Å². The summed E-state index contributed by atoms with van der Waals surface area (Å²) >= 11 is 0. The van der Waals surface area contributed by atoms with Crippen LogP contribution in [-0.2, 0) is 29.2 Å². The molecule has 2 unspecified atom stereocenters. The van der Waals surface area contributed by atoms with Gasteiger partial charge in [0.15, 0.2) is 5.78 Å². The topological polar surface area (TPSA) is 102 Å². The van der Waals surface area contributed by atoms with Gasteiger partial charge in [0.2, 0.25) is 0 Å². The first kappa shape index (κ1) is 21.1. The Balaban J connectivity index is 2.62. The molecule has 0 amide bonds. The van der Waals surface area contributed by atoms with E-state index in [0.717, 1.165) is 0 Å². The van der Waals surface area contributed by atoms with Gasteiger partial charge in [-0.2, -0.15) is 16.8 Å². The summed E-state index contributed by atoms with van der Waals surface area (Å²) in [5, 5.41) is 0. The summed E-state index contributed by atoms with van der Waals surface area (Å²) in [6.07, 6.45) is -0.767. The highest BCUT2D eigenvalue weighted by atomic mass is 32.3. The molecule has 0 aliphatic heterocycles. The molecular weight excluding hydrogens is 371 g/mol. The lowest BCUT2D eigenvalue weighted by Crippen LogP contribution is -2.38. The molecule has 0 aromatic rings. The van der Waals surface area contributed by atoms with Gasteiger partial charge < -0.3 is 0 Å². The molecule has 135 valence electrons. The van der Waals surface area contributed by atoms with Gasteiger partial charge in [-0.15, -0.1) is 3.89 Å². The fourth-order valence-corrected chi connectivity index (χ4v) is 3.51. The van der Waals surface area contributed by atoms with Crippen LogP contribution in [0.5, 0.6) is 0 Å². The van der Waals surface area contributed by atoms with Crippen molar-refractivity contribution >= 4 is 42.2 Å². The van der Waals surface area contributed by atoms with Gasteiger partial charge in [-0.1, -0.05) is 6.42 Å². The summed E-state index contributed by atoms with van der Waals surface area (Å²) in [5.41, 5.74) is 0. The van der Waals surface area contributed by atoms with Crippen molar-refractivity contribution in [3.05, 3.63) is 0 Å². The van der Waals surface area contributed by atoms with Crippen LogP contribution in [0.15, 0.2) is 0 Å². The Kier molecular flexibility index (Phi) is 7.40. The van der Waals surface area contributed by atoms with E-state index in [9.17, 15) is 39.6 Å². The fourth-order valence-electron chi connectivity index (χ4n) is 2.62. The van der Waals surface area contributed by atoms with E-state index in [1.165, 1.54) is 0 Å². The Morgan fingerprint density at radius 3 is 2.21 bits per heavy atom. The number of halogens is 3. The molecule has 1 fully saturated rings. The minimum Gasteiger partial charge on any atom is -0.300 e. The van der Waals surface area contributed by atoms with Crippen LogP contribution in [0.1, 0.15) is 32.1 Å². The number of Topliss-reactive ketones (excluding diaryl/α,β-unsaturated/α-hetero) is 3. The van der Waals surface area contributed by atoms with Crippen LogP contribution in [0.2, 0.25) is 6.32 Å². The maximum Gasteiger partial charge on any atom is 0.345 e. The number of ketones is 3. The van der Waals surface area contributed by atoms with Gasteiger partial charge >= 0.3 is 17.9 Å². The molecule has 2 atom stereocenters. The van der Waals surface area contributed by atoms with Gasteiger partial charge in [-0.05, 0) is 25.6 Å². The Labute approximate surface area is 138 Å². The molecule has 0 aromatic heterocycles. The second kappa shape index (κ2) is 8.42. The zero-order chi connectivity index (χ0) is 18.5. The van der Waals surface area contributed by atoms with Crippen molar-refractivity contribution in [3.8, 4) is 0 Å². The zero-order valence-electron chi connectivity index (χ0n) is 12.6. The average molecular weight is 387 g/mol. The van der Waals surface area contributed by atoms with E-state index in [0.29, 0.717) is 6.42 Å². The maximum atomic E-state index is 12.4. The second-order valence-corrected chi connectivity index (χ2v) is 8.46. The van der Waals surface area contributed by atoms with Crippen molar-refractivity contribution in [2.45, 2.75) is 38.4 Å². The predicted octanol–water partition coefficient (Wildman–Crippen LogP) is 2.36. The van der Waals surface area contributed by atoms with Crippen molar-refractivity contribution < 1.29 is 39.6 Å². The Morgan fingerprint density at radius 1 is 1.17 bits per heavy atom. The normalized spacial score (nSPS) is 22.2. The number of hydrogen-bond donors (Lipinski definition) is 0. The lowest BCUT2D eigenvalue weighted by atomic mass is 9.73. The molecule has 1 saturated carbocycles. The number of hydrogen-bond acceptors (Lipinski definition) is 6. The van der Waals surface area contributed by atoms with Crippen molar-refractivity contribution in [2.24, 2.45) is 11.8 Å². The lowest BCUT2D eigenvalue weighted by molar-refractivity contribution is -0.140. The third-order valence-electron chi connectivity index (χ3n) is 3.77. The van der Waals surface area contributed by atoms with Crippen molar-refractivity contribution in [2.75, 3.05) is 5.75 Å². The second-order valence-electron chi connectivity index (χ2n) is 5.61. The van der Waals surface area contributed by atoms with Crippen LogP contribution in [0.25, 0.3) is 0 Å². The van der Waals surface area contributed by atoms with Gasteiger partial charge in [0.05, 0.1) is 17.6 Å². The van der Waals surface area contributed by atoms with Crippen LogP contribution in [0.3, 0.4) is 0 Å². The lowest BCUT2D eigenvalue weighted by Gasteiger charge is -2.26. The van der Waals surface area contributed by atoms with E-state index in [2.05, 4.69) is 0 Å². The molecular formula is C12H16BF3O6PS. The monoisotopic (exact) mass is 387 g/mol. The first-order valence-electron chi connectivity index (χ1n) is 7.25. The first-order valence-corrected chi connectivity index (χ1v) is 10.4. The third kappa shape index (κ3) is 7.30. The molecule has 0 N–H and O–H groups in total. The highest BCUT2D eigenvalue weighted by Crippen LogP contribution is 2.48. The highest BCUT2D eigenvalue weighted by Gasteiger charge is 2.39. The summed E-state index contributed by atoms with van der Waals surface area (Å²) in [6.45, 7) is 0.0835. The Hall–Kier alpha value is -0.955. The largest absolute Gasteiger partial charge is 0.345 e. The van der Waals surface area contributed by atoms with E-state index in [1.807, 2.05) is 0 Å². The molecule has 0 heterocycles. The first-order chi connectivity index (χ1) is 10.9. The van der Waals surface area contributed by atoms with Crippen LogP contribution in [0, 0.1) is 11.8 Å². The maximum absolute atomic E-state index is 12.4. The number of carbonyl (C=O) groups excluding carboxylic acids is 3. The van der Waals surface area contributed by atoms with E-state index in [1.54, 1.807) is 0 Å². The molecule has 0 saturated heterocycles. The van der Waals surface area contributed by atoms with Crippen molar-refractivity contribution in [3.63, 3.8) is 0 Å². The van der Waals surface area contributed by atoms with Gasteiger partial charge in [-0.25, -0.2) is 0 Å². The standard InChI is InChI=1S/C12H16BF3O6PS/c14-23(15,20)13-7-11(18)9-4-1-3-8(12(9)19)10(17)5-2-6-24(16,21)22/h8-9H,1-7H2. The summed E-state index contributed by atoms with van der Waals surface area (Å²) in [4.78, 5) is 36.0. The molecule has 0 aromatic carbocycles. The summed E-state index contributed by atoms with van der Waals surface area (Å²) in [7, 11) is -10.2. The average Bonchev–Trinajstić information content (AvgIpc) is 2.42. The molecule has 1 aliphatic carbocycles. The summed E-state index contributed by atoms with van der Waals surface area (Å²) < 4.78 is 68.0. The molecule has 12 heteroatoms. The summed E-state index contributed by atoms with van der Waals surface area (Å²) in [5.74, 6) is -5.26. The van der Waals surface area contributed by atoms with Gasteiger partial charge in [0.1, 0.15) is 11.6 Å². The van der Waals surface area contributed by atoms with E-state index in [-0.39, 0.29) is 32.7 Å². The van der Waals surface area contributed by atoms with Crippen LogP contribution < -0.4 is 0 Å². The van der Waals surface area contributed by atoms with Crippen LogP contribution in [0.4, 0.5) is 12.3 Å². The zero-order valence-corrected chi connectivity index (χ0v) is 14.3. The Bertz CT molecular complexity index is 662. The fraction of sp³-hybridized carbons (Fsp3) is 0.750. The van der Waals surface area contributed by atoms with Crippen LogP contribution >= 0.6 is 7.64 Å². The Morgan fingerprint density at radius 2 is 1.71 bits per heavy atom. The van der Waals surface area contributed by atoms with Gasteiger partial charge in [-0.3, -0.25) is 18.9 Å². The van der Waals surface area contributed by atoms with Gasteiger partial charge in [0.25, 0.3) is 7.00 Å². The molecule has 1 radical (unpaired) electrons. The molecule has 6 nitrogen and oxygen atoms in total. The molecule has 1 rings (SSSR count). The number of rotatable bonds is 9. The predicted molar refractivity (Wildman–Crippen MR) is 80.4 cm³/mol. The quantitative estimate of drug-likeness (QED) is 0.261. The molecule has 1 aliphatic rings. The number of carbonyl (C=O) groups is 3. The highest BCUT2D eigenvalue weighted by molar-refractivity contribution is 7.86. The molecule has 0 spiro atoms. The van der Waals surface area contributed by atoms with Crippen LogP contribution in [-0.4, -0.2) is 38.5 Å². The van der Waals surface area contributed by atoms with E-state index in [4.69, 9.17) is 0 Å².